The molecule has 1 N–H and O–H groups in total. The lowest BCUT2D eigenvalue weighted by molar-refractivity contribution is 0.105. The first-order valence-electron chi connectivity index (χ1n) is 8.07. The van der Waals surface area contributed by atoms with Gasteiger partial charge < -0.3 is 5.11 Å². The normalized spacial score (nSPS) is 50.9. The fraction of sp³-hybridized carbons (Fsp3) is 0.667. The Hall–Kier alpha value is -0.820. The van der Waals surface area contributed by atoms with Crippen LogP contribution in [0.4, 0.5) is 0 Å². The molecule has 5 rings (SSSR count). The molecule has 0 spiro atoms. The first-order valence-corrected chi connectivity index (χ1v) is 8.07. The fourth-order valence-electron chi connectivity index (χ4n) is 5.81. The molecule has 1 heteroatoms. The smallest absolute Gasteiger partial charge is 0.0608 e. The minimum atomic E-state index is 0.00334. The standard InChI is InChI=1S/C18H22O/c19-18(14-9-13(14)10-4-2-1-3-5-10)17-15-11-6-7-12(8-11)16(15)17/h1-5,11-19H,6-9H2. The van der Waals surface area contributed by atoms with Crippen LogP contribution in [0.1, 0.15) is 37.2 Å². The van der Waals surface area contributed by atoms with Crippen LogP contribution < -0.4 is 0 Å². The number of benzene rings is 1. The van der Waals surface area contributed by atoms with Crippen LogP contribution in [0.15, 0.2) is 30.3 Å². The van der Waals surface area contributed by atoms with Gasteiger partial charge in [-0.05, 0) is 72.7 Å². The van der Waals surface area contributed by atoms with Gasteiger partial charge in [-0.25, -0.2) is 0 Å². The van der Waals surface area contributed by atoms with E-state index in [0.717, 1.165) is 23.7 Å². The summed E-state index contributed by atoms with van der Waals surface area (Å²) in [6.07, 6.45) is 5.63. The van der Waals surface area contributed by atoms with Crippen molar-refractivity contribution in [2.24, 2.45) is 35.5 Å². The van der Waals surface area contributed by atoms with Gasteiger partial charge in [0.1, 0.15) is 0 Å². The quantitative estimate of drug-likeness (QED) is 0.876. The number of aliphatic hydroxyl groups excluding tert-OH is 1. The van der Waals surface area contributed by atoms with Gasteiger partial charge in [-0.1, -0.05) is 30.3 Å². The largest absolute Gasteiger partial charge is 0.393 e. The van der Waals surface area contributed by atoms with Gasteiger partial charge in [-0.15, -0.1) is 0 Å². The Bertz CT molecular complexity index is 480. The zero-order chi connectivity index (χ0) is 12.6. The summed E-state index contributed by atoms with van der Waals surface area (Å²) in [6.45, 7) is 0. The number of fused-ring (bicyclic) bond motifs is 5. The predicted octanol–water partition coefficient (Wildman–Crippen LogP) is 3.44. The second-order valence-electron chi connectivity index (χ2n) is 7.47. The Morgan fingerprint density at radius 2 is 1.63 bits per heavy atom. The summed E-state index contributed by atoms with van der Waals surface area (Å²) in [5.74, 6) is 5.72. The van der Waals surface area contributed by atoms with E-state index < -0.39 is 0 Å². The molecule has 1 aromatic carbocycles. The molecule has 1 aromatic rings. The summed E-state index contributed by atoms with van der Waals surface area (Å²) in [4.78, 5) is 0. The predicted molar refractivity (Wildman–Crippen MR) is 74.6 cm³/mol. The zero-order valence-corrected chi connectivity index (χ0v) is 11.3. The van der Waals surface area contributed by atoms with Crippen molar-refractivity contribution in [1.29, 1.82) is 0 Å². The summed E-state index contributed by atoms with van der Waals surface area (Å²) in [5.41, 5.74) is 1.44. The molecule has 4 aliphatic carbocycles. The van der Waals surface area contributed by atoms with E-state index in [1.54, 1.807) is 0 Å². The number of hydrogen-bond donors (Lipinski definition) is 1. The Morgan fingerprint density at radius 3 is 2.32 bits per heavy atom. The van der Waals surface area contributed by atoms with Crippen LogP contribution in [0.25, 0.3) is 0 Å². The minimum Gasteiger partial charge on any atom is -0.393 e. The molecule has 7 unspecified atom stereocenters. The summed E-state index contributed by atoms with van der Waals surface area (Å²) in [5, 5.41) is 10.7. The molecule has 100 valence electrons. The van der Waals surface area contributed by atoms with Crippen LogP contribution >= 0.6 is 0 Å². The molecular formula is C18H22O. The maximum Gasteiger partial charge on any atom is 0.0608 e. The Labute approximate surface area is 115 Å². The lowest BCUT2D eigenvalue weighted by atomic mass is 9.95. The van der Waals surface area contributed by atoms with Crippen molar-refractivity contribution in [2.45, 2.75) is 37.7 Å². The highest BCUT2D eigenvalue weighted by molar-refractivity contribution is 5.28. The molecule has 19 heavy (non-hydrogen) atoms. The molecule has 4 aliphatic rings. The van der Waals surface area contributed by atoms with Gasteiger partial charge in [0, 0.05) is 0 Å². The fourth-order valence-corrected chi connectivity index (χ4v) is 5.81. The highest BCUT2D eigenvalue weighted by atomic mass is 16.3. The summed E-state index contributed by atoms with van der Waals surface area (Å²) >= 11 is 0. The SMILES string of the molecule is OC(C1CC1c1ccccc1)C1C2C3CCC(C3)C21. The lowest BCUT2D eigenvalue weighted by Crippen LogP contribution is -2.18. The third-order valence-electron chi connectivity index (χ3n) is 6.70. The van der Waals surface area contributed by atoms with Crippen LogP contribution in [-0.4, -0.2) is 11.2 Å². The Balaban J connectivity index is 1.30. The van der Waals surface area contributed by atoms with Gasteiger partial charge in [0.05, 0.1) is 6.10 Å². The van der Waals surface area contributed by atoms with Gasteiger partial charge in [0.25, 0.3) is 0 Å². The van der Waals surface area contributed by atoms with Crippen molar-refractivity contribution in [3.05, 3.63) is 35.9 Å². The van der Waals surface area contributed by atoms with Gasteiger partial charge in [-0.2, -0.15) is 0 Å². The summed E-state index contributed by atoms with van der Waals surface area (Å²) < 4.78 is 0. The molecule has 1 nitrogen and oxygen atoms in total. The molecule has 7 atom stereocenters. The van der Waals surface area contributed by atoms with Crippen LogP contribution in [0.5, 0.6) is 0 Å². The molecule has 0 radical (unpaired) electrons. The minimum absolute atomic E-state index is 0.00334. The topological polar surface area (TPSA) is 20.2 Å². The summed E-state index contributed by atoms with van der Waals surface area (Å²) in [7, 11) is 0. The molecule has 0 heterocycles. The van der Waals surface area contributed by atoms with Crippen LogP contribution in [-0.2, 0) is 0 Å². The number of hydrogen-bond acceptors (Lipinski definition) is 1. The van der Waals surface area contributed by atoms with E-state index in [1.165, 1.54) is 31.2 Å². The van der Waals surface area contributed by atoms with Crippen molar-refractivity contribution in [1.82, 2.24) is 0 Å². The number of rotatable bonds is 3. The molecular weight excluding hydrogens is 232 g/mol. The maximum absolute atomic E-state index is 10.7. The monoisotopic (exact) mass is 254 g/mol. The van der Waals surface area contributed by atoms with Crippen molar-refractivity contribution >= 4 is 0 Å². The molecule has 4 fully saturated rings. The molecule has 0 aromatic heterocycles. The molecule has 0 saturated heterocycles. The van der Waals surface area contributed by atoms with Crippen molar-refractivity contribution < 1.29 is 5.11 Å². The van der Waals surface area contributed by atoms with E-state index in [2.05, 4.69) is 30.3 Å². The number of aliphatic hydroxyl groups is 1. The van der Waals surface area contributed by atoms with E-state index in [-0.39, 0.29) is 6.10 Å². The van der Waals surface area contributed by atoms with E-state index in [9.17, 15) is 5.11 Å². The van der Waals surface area contributed by atoms with Gasteiger partial charge in [-0.3, -0.25) is 0 Å². The van der Waals surface area contributed by atoms with E-state index in [4.69, 9.17) is 0 Å². The van der Waals surface area contributed by atoms with E-state index in [1.807, 2.05) is 0 Å². The van der Waals surface area contributed by atoms with Gasteiger partial charge >= 0.3 is 0 Å². The van der Waals surface area contributed by atoms with Gasteiger partial charge in [0.15, 0.2) is 0 Å². The molecule has 2 bridgehead atoms. The lowest BCUT2D eigenvalue weighted by Gasteiger charge is -2.15. The highest BCUT2D eigenvalue weighted by Gasteiger charge is 2.68. The van der Waals surface area contributed by atoms with Crippen molar-refractivity contribution in [3.8, 4) is 0 Å². The Morgan fingerprint density at radius 1 is 0.947 bits per heavy atom. The van der Waals surface area contributed by atoms with E-state index in [0.29, 0.717) is 17.8 Å². The third-order valence-corrected chi connectivity index (χ3v) is 6.70. The first kappa shape index (κ1) is 10.9. The van der Waals surface area contributed by atoms with Crippen molar-refractivity contribution in [2.75, 3.05) is 0 Å². The summed E-state index contributed by atoms with van der Waals surface area (Å²) in [6, 6.07) is 10.8. The first-order chi connectivity index (χ1) is 9.34. The average Bonchev–Trinajstić information content (AvgIpc) is 3.34. The third kappa shape index (κ3) is 1.45. The second-order valence-corrected chi connectivity index (χ2v) is 7.47. The van der Waals surface area contributed by atoms with Crippen molar-refractivity contribution in [3.63, 3.8) is 0 Å². The van der Waals surface area contributed by atoms with E-state index >= 15 is 0 Å². The van der Waals surface area contributed by atoms with Crippen LogP contribution in [0, 0.1) is 35.5 Å². The molecule has 4 saturated carbocycles. The molecule has 0 amide bonds. The molecule has 0 aliphatic heterocycles. The maximum atomic E-state index is 10.7. The Kier molecular flexibility index (Phi) is 2.09. The second kappa shape index (κ2) is 3.63. The van der Waals surface area contributed by atoms with Gasteiger partial charge in [0.2, 0.25) is 0 Å². The average molecular weight is 254 g/mol. The van der Waals surface area contributed by atoms with Crippen LogP contribution in [0.3, 0.4) is 0 Å². The highest BCUT2D eigenvalue weighted by Crippen LogP contribution is 2.72. The van der Waals surface area contributed by atoms with Crippen LogP contribution in [0.2, 0.25) is 0 Å². The zero-order valence-electron chi connectivity index (χ0n) is 11.3.